The van der Waals surface area contributed by atoms with Crippen molar-refractivity contribution in [1.82, 2.24) is 0 Å². The van der Waals surface area contributed by atoms with Gasteiger partial charge in [-0.1, -0.05) is 42.2 Å². The van der Waals surface area contributed by atoms with E-state index >= 15 is 0 Å². The Labute approximate surface area is 315 Å². The highest BCUT2D eigenvalue weighted by molar-refractivity contribution is 5.69. The highest BCUT2D eigenvalue weighted by Crippen LogP contribution is 2.42. The third-order valence-corrected chi connectivity index (χ3v) is 10.7. The molecule has 5 fully saturated rings. The minimum atomic E-state index is -0.610. The van der Waals surface area contributed by atoms with Gasteiger partial charge in [0.2, 0.25) is 6.29 Å². The SMILES string of the molecule is O=C(CCCC=CC[C@@H]1[C@@H](/C=C/C(C#Cc2ccccc2F)OC2CCCCO2)[C@H](OC2CCCCO2)C[C@@H]1OC1CCCCO1)OC1CCCCO1. The Hall–Kier alpha value is -2.62. The summed E-state index contributed by atoms with van der Waals surface area (Å²) in [7, 11) is 0. The minimum Gasteiger partial charge on any atom is -0.436 e. The van der Waals surface area contributed by atoms with Gasteiger partial charge in [0.1, 0.15) is 11.9 Å². The zero-order valence-electron chi connectivity index (χ0n) is 31.2. The molecule has 1 saturated carbocycles. The van der Waals surface area contributed by atoms with Crippen LogP contribution in [0.3, 0.4) is 0 Å². The van der Waals surface area contributed by atoms with Gasteiger partial charge in [-0.2, -0.15) is 0 Å². The van der Waals surface area contributed by atoms with Gasteiger partial charge in [0.15, 0.2) is 18.9 Å². The summed E-state index contributed by atoms with van der Waals surface area (Å²) < 4.78 is 63.5. The fraction of sp³-hybridized carbons (Fsp3) is 0.698. The molecule has 10 heteroatoms. The molecule has 0 N–H and O–H groups in total. The number of rotatable bonds is 15. The Kier molecular flexibility index (Phi) is 16.7. The molecule has 0 radical (unpaired) electrons. The van der Waals surface area contributed by atoms with Gasteiger partial charge in [-0.3, -0.25) is 4.79 Å². The van der Waals surface area contributed by atoms with Gasteiger partial charge in [0.05, 0.1) is 24.4 Å². The van der Waals surface area contributed by atoms with E-state index in [0.717, 1.165) is 89.9 Å². The normalized spacial score (nSPS) is 31.6. The van der Waals surface area contributed by atoms with Gasteiger partial charge >= 0.3 is 5.97 Å². The number of carbonyl (C=O) groups is 1. The van der Waals surface area contributed by atoms with E-state index in [1.54, 1.807) is 18.2 Å². The van der Waals surface area contributed by atoms with Crippen LogP contribution in [0, 0.1) is 29.5 Å². The molecule has 9 nitrogen and oxygen atoms in total. The van der Waals surface area contributed by atoms with Crippen molar-refractivity contribution < 1.29 is 47.1 Å². The van der Waals surface area contributed by atoms with Gasteiger partial charge < -0.3 is 37.9 Å². The molecule has 5 aliphatic rings. The first kappa shape index (κ1) is 40.1. The zero-order valence-corrected chi connectivity index (χ0v) is 31.2. The highest BCUT2D eigenvalue weighted by Gasteiger charge is 2.45. The summed E-state index contributed by atoms with van der Waals surface area (Å²) in [6, 6.07) is 6.54. The summed E-state index contributed by atoms with van der Waals surface area (Å²) in [5.74, 6) is 5.69. The van der Waals surface area contributed by atoms with Gasteiger partial charge in [-0.25, -0.2) is 4.39 Å². The average Bonchev–Trinajstić information content (AvgIpc) is 3.50. The summed E-state index contributed by atoms with van der Waals surface area (Å²) in [5.41, 5.74) is 0.329. The van der Waals surface area contributed by atoms with Crippen LogP contribution in [0.1, 0.15) is 115 Å². The van der Waals surface area contributed by atoms with Crippen LogP contribution in [0.25, 0.3) is 0 Å². The van der Waals surface area contributed by atoms with Crippen molar-refractivity contribution in [2.75, 3.05) is 26.4 Å². The molecule has 1 aromatic rings. The maximum atomic E-state index is 14.5. The molecule has 53 heavy (non-hydrogen) atoms. The third kappa shape index (κ3) is 13.3. The number of carbonyl (C=O) groups excluding carboxylic acids is 1. The molecule has 0 bridgehead atoms. The van der Waals surface area contributed by atoms with E-state index in [-0.39, 0.29) is 54.7 Å². The van der Waals surface area contributed by atoms with Gasteiger partial charge in [-0.15, -0.1) is 0 Å². The van der Waals surface area contributed by atoms with Crippen LogP contribution >= 0.6 is 0 Å². The van der Waals surface area contributed by atoms with Crippen LogP contribution in [-0.4, -0.2) is 75.9 Å². The monoisotopic (exact) mass is 738 g/mol. The predicted octanol–water partition coefficient (Wildman–Crippen LogP) is 8.29. The summed E-state index contributed by atoms with van der Waals surface area (Å²) >= 11 is 0. The Morgan fingerprint density at radius 3 is 2.06 bits per heavy atom. The van der Waals surface area contributed by atoms with Crippen molar-refractivity contribution in [3.8, 4) is 11.8 Å². The molecular weight excluding hydrogens is 679 g/mol. The van der Waals surface area contributed by atoms with Crippen LogP contribution in [0.4, 0.5) is 4.39 Å². The molecule has 1 aliphatic carbocycles. The number of ether oxygens (including phenoxy) is 8. The van der Waals surface area contributed by atoms with Crippen LogP contribution in [-0.2, 0) is 42.7 Å². The molecular formula is C43H59FO9. The fourth-order valence-electron chi connectivity index (χ4n) is 7.79. The lowest BCUT2D eigenvalue weighted by Gasteiger charge is -2.30. The quantitative estimate of drug-likeness (QED) is 0.0763. The molecule has 4 aliphatic heterocycles. The summed E-state index contributed by atoms with van der Waals surface area (Å²) in [4.78, 5) is 12.4. The second kappa shape index (κ2) is 22.1. The Balaban J connectivity index is 1.17. The van der Waals surface area contributed by atoms with E-state index in [4.69, 9.17) is 37.9 Å². The number of hydrogen-bond acceptors (Lipinski definition) is 9. The molecule has 0 spiro atoms. The van der Waals surface area contributed by atoms with Crippen molar-refractivity contribution in [2.45, 2.75) is 153 Å². The predicted molar refractivity (Wildman–Crippen MR) is 197 cm³/mol. The Bertz CT molecular complexity index is 1350. The molecule has 0 aromatic heterocycles. The maximum absolute atomic E-state index is 14.5. The van der Waals surface area contributed by atoms with Crippen LogP contribution in [0.2, 0.25) is 0 Å². The van der Waals surface area contributed by atoms with Gasteiger partial charge in [-0.05, 0) is 114 Å². The van der Waals surface area contributed by atoms with Crippen molar-refractivity contribution >= 4 is 5.97 Å². The second-order valence-corrected chi connectivity index (χ2v) is 14.8. The molecule has 292 valence electrons. The lowest BCUT2D eigenvalue weighted by molar-refractivity contribution is -0.203. The van der Waals surface area contributed by atoms with Crippen molar-refractivity contribution in [2.24, 2.45) is 11.8 Å². The topological polar surface area (TPSA) is 90.9 Å². The zero-order chi connectivity index (χ0) is 36.5. The molecule has 6 rings (SSSR count). The lowest BCUT2D eigenvalue weighted by atomic mass is 9.89. The number of allylic oxidation sites excluding steroid dienone is 2. The van der Waals surface area contributed by atoms with E-state index in [0.29, 0.717) is 51.3 Å². The maximum Gasteiger partial charge on any atom is 0.308 e. The van der Waals surface area contributed by atoms with E-state index < -0.39 is 12.4 Å². The van der Waals surface area contributed by atoms with E-state index in [1.165, 1.54) is 6.07 Å². The first-order valence-corrected chi connectivity index (χ1v) is 20.3. The molecule has 5 unspecified atom stereocenters. The summed E-state index contributed by atoms with van der Waals surface area (Å²) in [6.07, 6.45) is 21.3. The van der Waals surface area contributed by atoms with Crippen molar-refractivity contribution in [3.05, 3.63) is 60.0 Å². The van der Waals surface area contributed by atoms with E-state index in [9.17, 15) is 9.18 Å². The van der Waals surface area contributed by atoms with Gasteiger partial charge in [0, 0.05) is 45.0 Å². The fourth-order valence-corrected chi connectivity index (χ4v) is 7.79. The second-order valence-electron chi connectivity index (χ2n) is 14.8. The molecule has 0 amide bonds. The van der Waals surface area contributed by atoms with Gasteiger partial charge in [0.25, 0.3) is 0 Å². The largest absolute Gasteiger partial charge is 0.436 e. The standard InChI is InChI=1S/C43H59FO9/c44-36-17-6-5-15-32(36)23-24-33(50-40-19-7-11-27-46-40)25-26-35-34(16-3-1-2-4-18-39(45)53-43-22-10-14-30-49-43)37(51-41-20-8-12-28-47-41)31-38(35)52-42-21-9-13-29-48-42/h1,3,5-6,15,17,25-26,33-35,37-38,40-43H,2,4,7-14,16,18-22,27-31H2/b3-1?,26-25+/t33?,34-,35-,37+,38-,40?,41?,42?,43?/m1/s1. The summed E-state index contributed by atoms with van der Waals surface area (Å²) in [6.45, 7) is 2.71. The Morgan fingerprint density at radius 2 is 1.42 bits per heavy atom. The summed E-state index contributed by atoms with van der Waals surface area (Å²) in [5, 5.41) is 0. The van der Waals surface area contributed by atoms with Crippen LogP contribution in [0.5, 0.6) is 0 Å². The van der Waals surface area contributed by atoms with E-state index in [1.807, 2.05) is 6.08 Å². The highest BCUT2D eigenvalue weighted by atomic mass is 19.1. The lowest BCUT2D eigenvalue weighted by Crippen LogP contribution is -2.31. The molecule has 4 saturated heterocycles. The van der Waals surface area contributed by atoms with Crippen LogP contribution < -0.4 is 0 Å². The average molecular weight is 739 g/mol. The first-order chi connectivity index (χ1) is 26.1. The first-order valence-electron chi connectivity index (χ1n) is 20.3. The van der Waals surface area contributed by atoms with E-state index in [2.05, 4.69) is 30.1 Å². The minimum absolute atomic E-state index is 0.0297. The van der Waals surface area contributed by atoms with Crippen molar-refractivity contribution in [3.63, 3.8) is 0 Å². The van der Waals surface area contributed by atoms with Crippen molar-refractivity contribution in [1.29, 1.82) is 0 Å². The van der Waals surface area contributed by atoms with Crippen LogP contribution in [0.15, 0.2) is 48.6 Å². The third-order valence-electron chi connectivity index (χ3n) is 10.7. The number of halogens is 1. The number of benzene rings is 1. The Morgan fingerprint density at radius 1 is 0.792 bits per heavy atom. The number of hydrogen-bond donors (Lipinski definition) is 0. The number of unbranched alkanes of at least 4 members (excludes halogenated alkanes) is 1. The number of esters is 1. The molecule has 9 atom stereocenters. The smallest absolute Gasteiger partial charge is 0.308 e. The molecule has 1 aromatic carbocycles. The molecule has 4 heterocycles.